The molecule has 0 aliphatic carbocycles. The van der Waals surface area contributed by atoms with Gasteiger partial charge in [-0.1, -0.05) is 36.4 Å². The van der Waals surface area contributed by atoms with Crippen LogP contribution in [-0.2, 0) is 11.2 Å². The Hall–Kier alpha value is -3.26. The van der Waals surface area contributed by atoms with E-state index in [1.54, 1.807) is 12.1 Å². The van der Waals surface area contributed by atoms with Gasteiger partial charge in [0.2, 0.25) is 0 Å². The molecule has 5 heteroatoms. The zero-order valence-electron chi connectivity index (χ0n) is 13.3. The number of carbonyl (C=O) groups excluding carboxylic acids is 1. The zero-order valence-corrected chi connectivity index (χ0v) is 13.3. The molecular formula is C19H18N2O3. The first-order chi connectivity index (χ1) is 11.6. The van der Waals surface area contributed by atoms with E-state index in [-0.39, 0.29) is 17.1 Å². The standard InChI is InChI=1S/C19H18N2O3/c1-24-18-12-15(7-8-17(18)22)11-16(13-20)19(23)21-10-9-14-5-3-2-4-6-14/h2-8,11-12,22H,9-10H2,1H3,(H,21,23)/b16-11-. The highest BCUT2D eigenvalue weighted by atomic mass is 16.5. The highest BCUT2D eigenvalue weighted by molar-refractivity contribution is 6.01. The van der Waals surface area contributed by atoms with Crippen molar-refractivity contribution in [3.63, 3.8) is 0 Å². The Balaban J connectivity index is 2.02. The van der Waals surface area contributed by atoms with Crippen LogP contribution < -0.4 is 10.1 Å². The average Bonchev–Trinajstić information content (AvgIpc) is 2.61. The average molecular weight is 322 g/mol. The van der Waals surface area contributed by atoms with Crippen LogP contribution in [0.15, 0.2) is 54.1 Å². The van der Waals surface area contributed by atoms with E-state index in [4.69, 9.17) is 4.74 Å². The number of hydrogen-bond acceptors (Lipinski definition) is 4. The fraction of sp³-hybridized carbons (Fsp3) is 0.158. The third-order valence-corrected chi connectivity index (χ3v) is 3.42. The molecule has 0 heterocycles. The van der Waals surface area contributed by atoms with Crippen LogP contribution in [0.1, 0.15) is 11.1 Å². The summed E-state index contributed by atoms with van der Waals surface area (Å²) in [5.41, 5.74) is 1.71. The van der Waals surface area contributed by atoms with Crippen molar-refractivity contribution in [2.75, 3.05) is 13.7 Å². The first-order valence-electron chi connectivity index (χ1n) is 7.45. The molecule has 0 fully saturated rings. The molecule has 0 aromatic heterocycles. The number of carbonyl (C=O) groups is 1. The van der Waals surface area contributed by atoms with Crippen LogP contribution in [0.2, 0.25) is 0 Å². The highest BCUT2D eigenvalue weighted by Crippen LogP contribution is 2.27. The van der Waals surface area contributed by atoms with Crippen molar-refractivity contribution < 1.29 is 14.6 Å². The third kappa shape index (κ3) is 4.62. The van der Waals surface area contributed by atoms with Gasteiger partial charge in [0.15, 0.2) is 11.5 Å². The number of phenols is 1. The monoisotopic (exact) mass is 322 g/mol. The zero-order chi connectivity index (χ0) is 17.4. The Morgan fingerprint density at radius 2 is 2.04 bits per heavy atom. The molecule has 0 bridgehead atoms. The number of aromatic hydroxyl groups is 1. The second kappa shape index (κ2) is 8.39. The normalized spacial score (nSPS) is 10.8. The number of nitriles is 1. The molecule has 0 radical (unpaired) electrons. The van der Waals surface area contributed by atoms with Crippen molar-refractivity contribution in [1.29, 1.82) is 5.26 Å². The molecule has 2 aromatic rings. The fourth-order valence-electron chi connectivity index (χ4n) is 2.16. The van der Waals surface area contributed by atoms with Crippen LogP contribution in [0.5, 0.6) is 11.5 Å². The van der Waals surface area contributed by atoms with E-state index < -0.39 is 5.91 Å². The molecule has 0 saturated carbocycles. The number of hydrogen-bond donors (Lipinski definition) is 2. The predicted molar refractivity (Wildman–Crippen MR) is 91.4 cm³/mol. The van der Waals surface area contributed by atoms with Gasteiger partial charge in [-0.3, -0.25) is 4.79 Å². The van der Waals surface area contributed by atoms with Gasteiger partial charge in [0, 0.05) is 6.54 Å². The minimum atomic E-state index is -0.430. The summed E-state index contributed by atoms with van der Waals surface area (Å²) in [5.74, 6) is -0.147. The molecular weight excluding hydrogens is 304 g/mol. The lowest BCUT2D eigenvalue weighted by molar-refractivity contribution is -0.117. The lowest BCUT2D eigenvalue weighted by atomic mass is 10.1. The Morgan fingerprint density at radius 3 is 2.71 bits per heavy atom. The minimum Gasteiger partial charge on any atom is -0.504 e. The van der Waals surface area contributed by atoms with Crippen LogP contribution in [0.3, 0.4) is 0 Å². The van der Waals surface area contributed by atoms with Gasteiger partial charge in [-0.25, -0.2) is 0 Å². The number of ether oxygens (including phenoxy) is 1. The summed E-state index contributed by atoms with van der Waals surface area (Å²) in [6, 6.07) is 16.3. The van der Waals surface area contributed by atoms with Gasteiger partial charge in [0.25, 0.3) is 5.91 Å². The van der Waals surface area contributed by atoms with Gasteiger partial charge in [-0.2, -0.15) is 5.26 Å². The molecule has 0 saturated heterocycles. The van der Waals surface area contributed by atoms with Gasteiger partial charge >= 0.3 is 0 Å². The summed E-state index contributed by atoms with van der Waals surface area (Å²) in [5, 5.41) is 21.5. The van der Waals surface area contributed by atoms with Crippen molar-refractivity contribution in [2.24, 2.45) is 0 Å². The van der Waals surface area contributed by atoms with Crippen LogP contribution >= 0.6 is 0 Å². The summed E-state index contributed by atoms with van der Waals surface area (Å²) < 4.78 is 5.01. The lowest BCUT2D eigenvalue weighted by Gasteiger charge is -2.06. The third-order valence-electron chi connectivity index (χ3n) is 3.42. The topological polar surface area (TPSA) is 82.3 Å². The fourth-order valence-corrected chi connectivity index (χ4v) is 2.16. The predicted octanol–water partition coefficient (Wildman–Crippen LogP) is 2.67. The molecule has 0 aliphatic rings. The van der Waals surface area contributed by atoms with E-state index in [1.807, 2.05) is 36.4 Å². The van der Waals surface area contributed by atoms with Crippen molar-refractivity contribution in [3.05, 3.63) is 65.2 Å². The Bertz CT molecular complexity index is 777. The summed E-state index contributed by atoms with van der Waals surface area (Å²) in [4.78, 5) is 12.1. The summed E-state index contributed by atoms with van der Waals surface area (Å²) in [7, 11) is 1.43. The van der Waals surface area contributed by atoms with Gasteiger partial charge in [-0.05, 0) is 35.8 Å². The van der Waals surface area contributed by atoms with E-state index in [9.17, 15) is 15.2 Å². The molecule has 1 amide bonds. The van der Waals surface area contributed by atoms with Gasteiger partial charge in [0.05, 0.1) is 7.11 Å². The first-order valence-corrected chi connectivity index (χ1v) is 7.45. The first kappa shape index (κ1) is 17.1. The Labute approximate surface area is 140 Å². The van der Waals surface area contributed by atoms with Crippen LogP contribution in [0.4, 0.5) is 0 Å². The molecule has 2 N–H and O–H groups in total. The smallest absolute Gasteiger partial charge is 0.261 e. The van der Waals surface area contributed by atoms with E-state index in [2.05, 4.69) is 5.32 Å². The van der Waals surface area contributed by atoms with E-state index in [1.165, 1.54) is 19.3 Å². The summed E-state index contributed by atoms with van der Waals surface area (Å²) in [6.45, 7) is 0.445. The second-order valence-electron chi connectivity index (χ2n) is 5.09. The number of nitrogens with one attached hydrogen (secondary N) is 1. The van der Waals surface area contributed by atoms with Gasteiger partial charge in [0.1, 0.15) is 11.6 Å². The maximum Gasteiger partial charge on any atom is 0.261 e. The number of amides is 1. The lowest BCUT2D eigenvalue weighted by Crippen LogP contribution is -2.26. The number of rotatable bonds is 6. The minimum absolute atomic E-state index is 0.000435. The molecule has 5 nitrogen and oxygen atoms in total. The van der Waals surface area contributed by atoms with Crippen molar-refractivity contribution >= 4 is 12.0 Å². The Morgan fingerprint density at radius 1 is 1.29 bits per heavy atom. The number of benzene rings is 2. The second-order valence-corrected chi connectivity index (χ2v) is 5.09. The number of phenolic OH excluding ortho intramolecular Hbond substituents is 1. The maximum absolute atomic E-state index is 12.1. The number of methoxy groups -OCH3 is 1. The van der Waals surface area contributed by atoms with Gasteiger partial charge < -0.3 is 15.2 Å². The number of nitrogens with zero attached hydrogens (tertiary/aromatic N) is 1. The molecule has 0 atom stereocenters. The van der Waals surface area contributed by atoms with Crippen LogP contribution in [0, 0.1) is 11.3 Å². The molecule has 0 aliphatic heterocycles. The molecule has 122 valence electrons. The van der Waals surface area contributed by atoms with Crippen molar-refractivity contribution in [2.45, 2.75) is 6.42 Å². The van der Waals surface area contributed by atoms with Gasteiger partial charge in [-0.15, -0.1) is 0 Å². The molecule has 2 aromatic carbocycles. The SMILES string of the molecule is COc1cc(/C=C(/C#N)C(=O)NCCc2ccccc2)ccc1O. The van der Waals surface area contributed by atoms with E-state index in [0.29, 0.717) is 18.5 Å². The highest BCUT2D eigenvalue weighted by Gasteiger charge is 2.09. The van der Waals surface area contributed by atoms with E-state index >= 15 is 0 Å². The molecule has 24 heavy (non-hydrogen) atoms. The molecule has 2 rings (SSSR count). The van der Waals surface area contributed by atoms with Crippen LogP contribution in [-0.4, -0.2) is 24.7 Å². The molecule has 0 spiro atoms. The molecule has 0 unspecified atom stereocenters. The van der Waals surface area contributed by atoms with Crippen LogP contribution in [0.25, 0.3) is 6.08 Å². The van der Waals surface area contributed by atoms with Crippen molar-refractivity contribution in [3.8, 4) is 17.6 Å². The summed E-state index contributed by atoms with van der Waals surface area (Å²) in [6.07, 6.45) is 2.15. The quantitative estimate of drug-likeness (QED) is 0.633. The Kier molecular flexibility index (Phi) is 5.98. The summed E-state index contributed by atoms with van der Waals surface area (Å²) >= 11 is 0. The largest absolute Gasteiger partial charge is 0.504 e. The van der Waals surface area contributed by atoms with E-state index in [0.717, 1.165) is 5.56 Å². The van der Waals surface area contributed by atoms with Crippen molar-refractivity contribution in [1.82, 2.24) is 5.32 Å². The maximum atomic E-state index is 12.1.